The summed E-state index contributed by atoms with van der Waals surface area (Å²) in [7, 11) is 0. The number of aromatic nitrogens is 3. The Morgan fingerprint density at radius 1 is 0.830 bits per heavy atom. The normalized spacial score (nSPS) is 17.4. The third-order valence-corrected chi connectivity index (χ3v) is 10.2. The maximum Gasteiger partial charge on any atom is 0.433 e. The van der Waals surface area contributed by atoms with Crippen molar-refractivity contribution in [3.63, 3.8) is 0 Å². The Kier molecular flexibility index (Phi) is 10.3. The largest absolute Gasteiger partial charge is 0.433 e. The summed E-state index contributed by atoms with van der Waals surface area (Å²) in [5, 5.41) is 12.2. The molecule has 2 aromatic carbocycles. The van der Waals surface area contributed by atoms with Crippen LogP contribution in [-0.4, -0.2) is 51.4 Å². The lowest BCUT2D eigenvalue weighted by Gasteiger charge is -2.18. The second kappa shape index (κ2) is 15.1. The average molecular weight is 744 g/mol. The molecule has 2 saturated heterocycles. The number of nitrogens with zero attached hydrogens (tertiary/aromatic N) is 3. The molecule has 5 aromatic rings. The lowest BCUT2D eigenvalue weighted by Crippen LogP contribution is -2.36. The second-order valence-electron chi connectivity index (χ2n) is 13.4. The van der Waals surface area contributed by atoms with E-state index in [1.165, 1.54) is 10.5 Å². The van der Waals surface area contributed by atoms with Crippen LogP contribution in [0.5, 0.6) is 0 Å². The van der Waals surface area contributed by atoms with Crippen molar-refractivity contribution in [1.82, 2.24) is 35.6 Å². The number of nitrogens with one attached hydrogen (secondary N) is 4. The van der Waals surface area contributed by atoms with E-state index in [9.17, 15) is 27.6 Å². The molecule has 0 aliphatic carbocycles. The van der Waals surface area contributed by atoms with Crippen molar-refractivity contribution in [2.45, 2.75) is 64.0 Å². The fraction of sp³-hybridized carbons (Fsp3) is 0.308. The van der Waals surface area contributed by atoms with E-state index in [0.29, 0.717) is 61.2 Å². The van der Waals surface area contributed by atoms with Gasteiger partial charge in [-0.1, -0.05) is 54.1 Å². The Morgan fingerprint density at radius 3 is 2.09 bits per heavy atom. The lowest BCUT2D eigenvalue weighted by molar-refractivity contribution is -0.141. The summed E-state index contributed by atoms with van der Waals surface area (Å²) in [5.74, 6) is -0.0193. The standard InChI is InChI=1S/C39H37ClF3N7O3/c1-22-28(23-14-15-50-33(16-23)46-19-25(38(50)53)18-45-21-27-10-13-35(52)48-27)4-2-5-29(22)30-6-3-7-31(36(30)40)32-11-8-24(37(49-32)39(41,42)43)17-44-20-26-9-12-34(51)47-26/h2-8,11,14-16,19,26-27,44-45H,9-10,12-13,17-18,20-21H2,1H3,(H,47,51)(H,48,52)/t26-,27-/m1/s1. The van der Waals surface area contributed by atoms with E-state index in [4.69, 9.17) is 11.6 Å². The van der Waals surface area contributed by atoms with Crippen molar-refractivity contribution in [1.29, 1.82) is 0 Å². The van der Waals surface area contributed by atoms with Crippen molar-refractivity contribution >= 4 is 29.1 Å². The minimum absolute atomic E-state index is 0.00275. The molecule has 3 aromatic heterocycles. The van der Waals surface area contributed by atoms with Crippen LogP contribution in [0.3, 0.4) is 0 Å². The zero-order chi connectivity index (χ0) is 37.3. The van der Waals surface area contributed by atoms with Gasteiger partial charge in [-0.05, 0) is 65.8 Å². The first-order chi connectivity index (χ1) is 25.5. The molecule has 0 spiro atoms. The van der Waals surface area contributed by atoms with Crippen molar-refractivity contribution in [2.24, 2.45) is 0 Å². The van der Waals surface area contributed by atoms with Crippen LogP contribution in [0.2, 0.25) is 5.02 Å². The Bertz CT molecular complexity index is 2280. The first-order valence-electron chi connectivity index (χ1n) is 17.4. The van der Waals surface area contributed by atoms with Crippen LogP contribution < -0.4 is 26.8 Å². The van der Waals surface area contributed by atoms with Gasteiger partial charge in [0.15, 0.2) is 0 Å². The van der Waals surface area contributed by atoms with Crippen LogP contribution in [0.4, 0.5) is 13.2 Å². The number of alkyl halides is 3. The number of hydrogen-bond acceptors (Lipinski definition) is 7. The minimum atomic E-state index is -4.70. The maximum absolute atomic E-state index is 14.3. The third kappa shape index (κ3) is 7.82. The van der Waals surface area contributed by atoms with Gasteiger partial charge in [0.05, 0.1) is 10.7 Å². The predicted molar refractivity (Wildman–Crippen MR) is 196 cm³/mol. The molecular formula is C39H37ClF3N7O3. The first kappa shape index (κ1) is 36.3. The Morgan fingerprint density at radius 2 is 1.45 bits per heavy atom. The number of benzene rings is 2. The molecule has 2 fully saturated rings. The smallest absolute Gasteiger partial charge is 0.352 e. The topological polar surface area (TPSA) is 130 Å². The van der Waals surface area contributed by atoms with E-state index < -0.39 is 11.9 Å². The third-order valence-electron chi connectivity index (χ3n) is 9.82. The molecule has 0 radical (unpaired) electrons. The van der Waals surface area contributed by atoms with Gasteiger partial charge >= 0.3 is 6.18 Å². The number of hydrogen-bond donors (Lipinski definition) is 4. The highest BCUT2D eigenvalue weighted by Gasteiger charge is 2.36. The molecule has 14 heteroatoms. The van der Waals surface area contributed by atoms with Gasteiger partial charge in [-0.25, -0.2) is 9.97 Å². The lowest BCUT2D eigenvalue weighted by atomic mass is 9.92. The zero-order valence-corrected chi connectivity index (χ0v) is 29.6. The van der Waals surface area contributed by atoms with Crippen LogP contribution in [0.15, 0.2) is 77.9 Å². The van der Waals surface area contributed by atoms with Gasteiger partial charge in [0.1, 0.15) is 11.3 Å². The van der Waals surface area contributed by atoms with Crippen LogP contribution >= 0.6 is 11.6 Å². The summed E-state index contributed by atoms with van der Waals surface area (Å²) >= 11 is 6.97. The van der Waals surface area contributed by atoms with Crippen molar-refractivity contribution in [2.75, 3.05) is 13.1 Å². The number of rotatable bonds is 11. The summed E-state index contributed by atoms with van der Waals surface area (Å²) in [4.78, 5) is 44.8. The highest BCUT2D eigenvalue weighted by Crippen LogP contribution is 2.41. The molecule has 5 heterocycles. The molecule has 2 aliphatic rings. The fourth-order valence-electron chi connectivity index (χ4n) is 7.03. The summed E-state index contributed by atoms with van der Waals surface area (Å²) in [6, 6.07) is 17.5. The monoisotopic (exact) mass is 743 g/mol. The summed E-state index contributed by atoms with van der Waals surface area (Å²) < 4.78 is 44.3. The van der Waals surface area contributed by atoms with Gasteiger partial charge in [-0.3, -0.25) is 18.8 Å². The number of amides is 2. The van der Waals surface area contributed by atoms with E-state index in [2.05, 4.69) is 31.2 Å². The molecule has 53 heavy (non-hydrogen) atoms. The molecule has 0 unspecified atom stereocenters. The molecule has 7 rings (SSSR count). The molecule has 4 N–H and O–H groups in total. The molecule has 10 nitrogen and oxygen atoms in total. The highest BCUT2D eigenvalue weighted by atomic mass is 35.5. The van der Waals surface area contributed by atoms with Gasteiger partial charge < -0.3 is 21.3 Å². The summed E-state index contributed by atoms with van der Waals surface area (Å²) in [6.07, 6.45) is 0.881. The number of halogens is 4. The van der Waals surface area contributed by atoms with Crippen molar-refractivity contribution in [3.8, 4) is 33.5 Å². The van der Waals surface area contributed by atoms with Crippen LogP contribution in [0.25, 0.3) is 39.2 Å². The van der Waals surface area contributed by atoms with Gasteiger partial charge in [0.2, 0.25) is 11.8 Å². The molecule has 274 valence electrons. The van der Waals surface area contributed by atoms with Gasteiger partial charge in [-0.2, -0.15) is 13.2 Å². The van der Waals surface area contributed by atoms with E-state index in [1.807, 2.05) is 43.3 Å². The Hall–Kier alpha value is -5.11. The molecule has 0 saturated carbocycles. The quantitative estimate of drug-likeness (QED) is 0.135. The van der Waals surface area contributed by atoms with E-state index in [1.54, 1.807) is 30.6 Å². The van der Waals surface area contributed by atoms with Gasteiger partial charge in [0, 0.05) is 80.2 Å². The van der Waals surface area contributed by atoms with Crippen LogP contribution in [0.1, 0.15) is 48.1 Å². The Balaban J connectivity index is 1.13. The number of fused-ring (bicyclic) bond motifs is 1. The summed E-state index contributed by atoms with van der Waals surface area (Å²) in [6.45, 7) is 3.12. The Labute approximate surface area is 308 Å². The van der Waals surface area contributed by atoms with Crippen molar-refractivity contribution in [3.05, 3.63) is 111 Å². The first-order valence-corrected chi connectivity index (χ1v) is 17.8. The predicted octanol–water partition coefficient (Wildman–Crippen LogP) is 5.81. The molecular weight excluding hydrogens is 707 g/mol. The van der Waals surface area contributed by atoms with Crippen LogP contribution in [0, 0.1) is 6.92 Å². The molecule has 2 atom stereocenters. The van der Waals surface area contributed by atoms with E-state index in [0.717, 1.165) is 28.7 Å². The average Bonchev–Trinajstić information content (AvgIpc) is 3.76. The fourth-order valence-corrected chi connectivity index (χ4v) is 7.35. The highest BCUT2D eigenvalue weighted by molar-refractivity contribution is 6.36. The number of pyridine rings is 2. The van der Waals surface area contributed by atoms with E-state index >= 15 is 0 Å². The van der Waals surface area contributed by atoms with Gasteiger partial charge in [0.25, 0.3) is 5.56 Å². The second-order valence-corrected chi connectivity index (χ2v) is 13.8. The van der Waals surface area contributed by atoms with Crippen LogP contribution in [-0.2, 0) is 28.9 Å². The minimum Gasteiger partial charge on any atom is -0.352 e. The summed E-state index contributed by atoms with van der Waals surface area (Å²) in [5.41, 5.74) is 4.23. The maximum atomic E-state index is 14.3. The zero-order valence-electron chi connectivity index (χ0n) is 28.8. The number of carbonyl (C=O) groups is 2. The van der Waals surface area contributed by atoms with Gasteiger partial charge in [-0.15, -0.1) is 0 Å². The number of carbonyl (C=O) groups excluding carboxylic acids is 2. The molecule has 0 bridgehead atoms. The molecule has 2 amide bonds. The van der Waals surface area contributed by atoms with E-state index in [-0.39, 0.29) is 52.3 Å². The van der Waals surface area contributed by atoms with Crippen molar-refractivity contribution < 1.29 is 22.8 Å². The molecule has 2 aliphatic heterocycles. The SMILES string of the molecule is Cc1c(-c2ccn3c(=O)c(CNC[C@H]4CCC(=O)N4)cnc3c2)cccc1-c1cccc(-c2ccc(CNC[C@H]3CCC(=O)N3)c(C(F)(F)F)n2)c1Cl.